The molecule has 20 heavy (non-hydrogen) atoms. The summed E-state index contributed by atoms with van der Waals surface area (Å²) in [4.78, 5) is 22.5. The molecule has 0 aliphatic heterocycles. The van der Waals surface area contributed by atoms with Crippen LogP contribution in [0.15, 0.2) is 24.3 Å². The van der Waals surface area contributed by atoms with Crippen molar-refractivity contribution in [2.75, 3.05) is 19.8 Å². The van der Waals surface area contributed by atoms with Gasteiger partial charge in [0.25, 0.3) is 0 Å². The van der Waals surface area contributed by atoms with E-state index in [4.69, 9.17) is 21.1 Å². The second kappa shape index (κ2) is 9.20. The summed E-state index contributed by atoms with van der Waals surface area (Å²) in [7, 11) is 0. The fourth-order valence-electron chi connectivity index (χ4n) is 1.44. The zero-order valence-electron chi connectivity index (χ0n) is 11.4. The quantitative estimate of drug-likeness (QED) is 0.747. The number of benzene rings is 1. The number of halogens is 1. The van der Waals surface area contributed by atoms with Crippen LogP contribution in [-0.2, 0) is 14.3 Å². The van der Waals surface area contributed by atoms with Crippen LogP contribution in [0.2, 0.25) is 5.02 Å². The highest BCUT2D eigenvalue weighted by Gasteiger charge is 2.05. The van der Waals surface area contributed by atoms with Gasteiger partial charge in [-0.25, -0.2) is 0 Å². The Morgan fingerprint density at radius 2 is 2.10 bits per heavy atom. The molecule has 110 valence electrons. The lowest BCUT2D eigenvalue weighted by Gasteiger charge is -2.07. The van der Waals surface area contributed by atoms with Crippen LogP contribution < -0.4 is 10.1 Å². The summed E-state index contributed by atoms with van der Waals surface area (Å²) < 4.78 is 10.1. The Morgan fingerprint density at radius 1 is 1.30 bits per heavy atom. The molecule has 0 saturated carbocycles. The third-order valence-corrected chi connectivity index (χ3v) is 2.59. The Hall–Kier alpha value is -1.75. The number of carbonyl (C=O) groups is 2. The van der Waals surface area contributed by atoms with E-state index in [0.717, 1.165) is 0 Å². The highest BCUT2D eigenvalue weighted by molar-refractivity contribution is 6.30. The molecular weight excluding hydrogens is 282 g/mol. The van der Waals surface area contributed by atoms with Gasteiger partial charge in [0.15, 0.2) is 0 Å². The molecule has 1 aromatic carbocycles. The van der Waals surface area contributed by atoms with Crippen molar-refractivity contribution in [3.8, 4) is 5.75 Å². The van der Waals surface area contributed by atoms with Crippen LogP contribution in [-0.4, -0.2) is 31.6 Å². The standard InChI is InChI=1S/C14H18ClNO4/c1-2-19-14(18)6-8-16-13(17)7-9-20-12-5-3-4-11(15)10-12/h3-5,10H,2,6-9H2,1H3,(H,16,17). The Labute approximate surface area is 123 Å². The molecule has 0 aliphatic rings. The van der Waals surface area contributed by atoms with Crippen LogP contribution in [0, 0.1) is 0 Å². The van der Waals surface area contributed by atoms with Crippen molar-refractivity contribution in [3.63, 3.8) is 0 Å². The van der Waals surface area contributed by atoms with Gasteiger partial charge in [0.1, 0.15) is 5.75 Å². The lowest BCUT2D eigenvalue weighted by molar-refractivity contribution is -0.143. The molecule has 5 nitrogen and oxygen atoms in total. The summed E-state index contributed by atoms with van der Waals surface area (Å²) in [6, 6.07) is 6.97. The molecule has 0 aliphatic carbocycles. The average Bonchev–Trinajstić information content (AvgIpc) is 2.39. The normalized spacial score (nSPS) is 9.90. The minimum Gasteiger partial charge on any atom is -0.493 e. The lowest BCUT2D eigenvalue weighted by atomic mass is 10.3. The maximum Gasteiger partial charge on any atom is 0.307 e. The first-order valence-electron chi connectivity index (χ1n) is 6.42. The third-order valence-electron chi connectivity index (χ3n) is 2.35. The minimum absolute atomic E-state index is 0.170. The smallest absolute Gasteiger partial charge is 0.307 e. The fourth-order valence-corrected chi connectivity index (χ4v) is 1.62. The van der Waals surface area contributed by atoms with E-state index in [1.165, 1.54) is 0 Å². The predicted molar refractivity (Wildman–Crippen MR) is 75.8 cm³/mol. The molecule has 0 saturated heterocycles. The van der Waals surface area contributed by atoms with E-state index in [1.54, 1.807) is 31.2 Å². The molecule has 0 aromatic heterocycles. The van der Waals surface area contributed by atoms with Crippen LogP contribution in [0.1, 0.15) is 19.8 Å². The van der Waals surface area contributed by atoms with Crippen molar-refractivity contribution in [1.82, 2.24) is 5.32 Å². The second-order valence-corrected chi connectivity index (χ2v) is 4.40. The molecule has 6 heteroatoms. The maximum absolute atomic E-state index is 11.5. The van der Waals surface area contributed by atoms with Gasteiger partial charge in [-0.05, 0) is 25.1 Å². The monoisotopic (exact) mass is 299 g/mol. The van der Waals surface area contributed by atoms with Gasteiger partial charge < -0.3 is 14.8 Å². The van der Waals surface area contributed by atoms with Gasteiger partial charge in [-0.1, -0.05) is 17.7 Å². The highest BCUT2D eigenvalue weighted by Crippen LogP contribution is 2.16. The largest absolute Gasteiger partial charge is 0.493 e. The zero-order chi connectivity index (χ0) is 14.8. The SMILES string of the molecule is CCOC(=O)CCNC(=O)CCOc1cccc(Cl)c1. The number of esters is 1. The molecule has 0 fully saturated rings. The van der Waals surface area contributed by atoms with Crippen LogP contribution in [0.5, 0.6) is 5.75 Å². The van der Waals surface area contributed by atoms with Gasteiger partial charge in [-0.2, -0.15) is 0 Å². The summed E-state index contributed by atoms with van der Waals surface area (Å²) in [5.74, 6) is 0.135. The average molecular weight is 300 g/mol. The van der Waals surface area contributed by atoms with Crippen molar-refractivity contribution in [2.45, 2.75) is 19.8 Å². The van der Waals surface area contributed by atoms with Gasteiger partial charge in [0, 0.05) is 11.6 Å². The van der Waals surface area contributed by atoms with Crippen LogP contribution in [0.25, 0.3) is 0 Å². The number of ether oxygens (including phenoxy) is 2. The molecule has 0 bridgehead atoms. The molecule has 1 N–H and O–H groups in total. The predicted octanol–water partition coefficient (Wildman–Crippen LogP) is 2.18. The Balaban J connectivity index is 2.13. The Kier molecular flexibility index (Phi) is 7.50. The zero-order valence-corrected chi connectivity index (χ0v) is 12.1. The first-order chi connectivity index (χ1) is 9.61. The molecule has 0 radical (unpaired) electrons. The Morgan fingerprint density at radius 3 is 2.80 bits per heavy atom. The number of nitrogens with one attached hydrogen (secondary N) is 1. The van der Waals surface area contributed by atoms with Crippen LogP contribution >= 0.6 is 11.6 Å². The van der Waals surface area contributed by atoms with E-state index in [-0.39, 0.29) is 37.9 Å². The van der Waals surface area contributed by atoms with Crippen molar-refractivity contribution < 1.29 is 19.1 Å². The lowest BCUT2D eigenvalue weighted by Crippen LogP contribution is -2.27. The number of hydrogen-bond acceptors (Lipinski definition) is 4. The third kappa shape index (κ3) is 6.99. The van der Waals surface area contributed by atoms with Gasteiger partial charge in [0.05, 0.1) is 26.1 Å². The van der Waals surface area contributed by atoms with E-state index in [9.17, 15) is 9.59 Å². The highest BCUT2D eigenvalue weighted by atomic mass is 35.5. The number of hydrogen-bond donors (Lipinski definition) is 1. The molecule has 1 rings (SSSR count). The van der Waals surface area contributed by atoms with E-state index >= 15 is 0 Å². The van der Waals surface area contributed by atoms with E-state index in [0.29, 0.717) is 17.4 Å². The van der Waals surface area contributed by atoms with Crippen molar-refractivity contribution in [2.24, 2.45) is 0 Å². The molecule has 0 spiro atoms. The molecule has 0 heterocycles. The van der Waals surface area contributed by atoms with Crippen molar-refractivity contribution in [3.05, 3.63) is 29.3 Å². The number of amides is 1. The van der Waals surface area contributed by atoms with Crippen molar-refractivity contribution in [1.29, 1.82) is 0 Å². The molecule has 1 amide bonds. The molecule has 0 unspecified atom stereocenters. The van der Waals surface area contributed by atoms with E-state index in [1.807, 2.05) is 0 Å². The van der Waals surface area contributed by atoms with E-state index in [2.05, 4.69) is 5.32 Å². The van der Waals surface area contributed by atoms with Crippen molar-refractivity contribution >= 4 is 23.5 Å². The van der Waals surface area contributed by atoms with Crippen LogP contribution in [0.4, 0.5) is 0 Å². The van der Waals surface area contributed by atoms with Gasteiger partial charge in [0.2, 0.25) is 5.91 Å². The fraction of sp³-hybridized carbons (Fsp3) is 0.429. The topological polar surface area (TPSA) is 64.6 Å². The Bertz CT molecular complexity index is 451. The first-order valence-corrected chi connectivity index (χ1v) is 6.80. The second-order valence-electron chi connectivity index (χ2n) is 3.96. The van der Waals surface area contributed by atoms with Gasteiger partial charge >= 0.3 is 5.97 Å². The summed E-state index contributed by atoms with van der Waals surface area (Å²) in [6.07, 6.45) is 0.393. The first kappa shape index (κ1) is 16.3. The minimum atomic E-state index is -0.317. The number of rotatable bonds is 8. The molecule has 1 aromatic rings. The number of carbonyl (C=O) groups excluding carboxylic acids is 2. The maximum atomic E-state index is 11.5. The van der Waals surface area contributed by atoms with Gasteiger partial charge in [-0.3, -0.25) is 9.59 Å². The van der Waals surface area contributed by atoms with E-state index < -0.39 is 0 Å². The summed E-state index contributed by atoms with van der Waals surface area (Å²) in [5.41, 5.74) is 0. The van der Waals surface area contributed by atoms with Gasteiger partial charge in [-0.15, -0.1) is 0 Å². The summed E-state index contributed by atoms with van der Waals surface area (Å²) in [6.45, 7) is 2.62. The molecular formula is C14H18ClNO4. The summed E-state index contributed by atoms with van der Waals surface area (Å²) in [5, 5.41) is 3.21. The summed E-state index contributed by atoms with van der Waals surface area (Å²) >= 11 is 5.81. The van der Waals surface area contributed by atoms with Crippen LogP contribution in [0.3, 0.4) is 0 Å². The molecule has 0 atom stereocenters.